The lowest BCUT2D eigenvalue weighted by Gasteiger charge is -2.29. The average molecular weight is 352 g/mol. The summed E-state index contributed by atoms with van der Waals surface area (Å²) >= 11 is 3.99. The van der Waals surface area contributed by atoms with Gasteiger partial charge in [-0.1, -0.05) is 31.9 Å². The van der Waals surface area contributed by atoms with Crippen LogP contribution in [0, 0.1) is 5.92 Å². The molecule has 3 nitrogen and oxygen atoms in total. The predicted molar refractivity (Wildman–Crippen MR) is 99.2 cm³/mol. The van der Waals surface area contributed by atoms with E-state index in [4.69, 9.17) is 4.74 Å². The monoisotopic (exact) mass is 351 g/mol. The third-order valence-corrected chi connectivity index (χ3v) is 7.71. The number of benzene rings is 1. The van der Waals surface area contributed by atoms with Crippen LogP contribution in [0.5, 0.6) is 5.75 Å². The summed E-state index contributed by atoms with van der Waals surface area (Å²) in [5, 5.41) is 3.12. The van der Waals surface area contributed by atoms with E-state index in [9.17, 15) is 4.79 Å². The number of hydrogen-bond donors (Lipinski definition) is 1. The van der Waals surface area contributed by atoms with Gasteiger partial charge in [0.15, 0.2) is 6.61 Å². The van der Waals surface area contributed by atoms with Crippen molar-refractivity contribution in [3.63, 3.8) is 0 Å². The summed E-state index contributed by atoms with van der Waals surface area (Å²) < 4.78 is 6.19. The molecule has 0 spiro atoms. The molecule has 23 heavy (non-hydrogen) atoms. The summed E-state index contributed by atoms with van der Waals surface area (Å²) in [6.45, 7) is 2.33. The molecule has 1 heterocycles. The van der Waals surface area contributed by atoms with E-state index in [1.165, 1.54) is 36.3 Å². The topological polar surface area (TPSA) is 38.3 Å². The number of thioether (sulfide) groups is 2. The van der Waals surface area contributed by atoms with E-state index in [0.29, 0.717) is 16.5 Å². The van der Waals surface area contributed by atoms with Crippen LogP contribution in [-0.4, -0.2) is 30.1 Å². The maximum atomic E-state index is 12.1. The van der Waals surface area contributed by atoms with Crippen molar-refractivity contribution in [1.29, 1.82) is 0 Å². The Hall–Kier alpha value is -0.810. The Labute approximate surface area is 147 Å². The first-order valence-electron chi connectivity index (χ1n) is 8.48. The molecule has 5 heteroatoms. The molecule has 1 aliphatic heterocycles. The molecule has 0 unspecified atom stereocenters. The zero-order valence-electron chi connectivity index (χ0n) is 13.6. The molecule has 0 bridgehead atoms. The molecule has 1 aromatic carbocycles. The van der Waals surface area contributed by atoms with Gasteiger partial charge >= 0.3 is 0 Å². The molecule has 0 radical (unpaired) electrons. The third-order valence-electron chi connectivity index (χ3n) is 4.60. The first kappa shape index (κ1) is 17.0. The Bertz CT molecular complexity index is 514. The van der Waals surface area contributed by atoms with Crippen LogP contribution in [0.4, 0.5) is 0 Å². The van der Waals surface area contributed by atoms with Crippen molar-refractivity contribution in [1.82, 2.24) is 5.32 Å². The minimum atomic E-state index is -0.00488. The molecule has 2 fully saturated rings. The number of carbonyl (C=O) groups excluding carboxylic acids is 1. The van der Waals surface area contributed by atoms with Gasteiger partial charge in [-0.05, 0) is 36.5 Å². The summed E-state index contributed by atoms with van der Waals surface area (Å²) in [6.07, 6.45) is 4.81. The SMILES string of the molecule is C[C@H]1CCCC[C@H]1NC(=O)COc1ccc(C2SCCS2)cc1. The molecular formula is C18H25NO2S2. The first-order chi connectivity index (χ1) is 11.2. The second kappa shape index (κ2) is 8.34. The number of carbonyl (C=O) groups is 1. The van der Waals surface area contributed by atoms with Crippen molar-refractivity contribution in [3.05, 3.63) is 29.8 Å². The Balaban J connectivity index is 1.45. The molecule has 126 valence electrons. The molecule has 1 aliphatic carbocycles. The fourth-order valence-corrected chi connectivity index (χ4v) is 6.06. The van der Waals surface area contributed by atoms with Gasteiger partial charge in [-0.25, -0.2) is 0 Å². The van der Waals surface area contributed by atoms with E-state index in [1.54, 1.807) is 0 Å². The summed E-state index contributed by atoms with van der Waals surface area (Å²) in [5.41, 5.74) is 1.34. The second-order valence-corrected chi connectivity index (χ2v) is 9.09. The number of hydrogen-bond acceptors (Lipinski definition) is 4. The van der Waals surface area contributed by atoms with Gasteiger partial charge in [-0.15, -0.1) is 23.5 Å². The molecule has 0 aromatic heterocycles. The van der Waals surface area contributed by atoms with Crippen LogP contribution in [0.25, 0.3) is 0 Å². The lowest BCUT2D eigenvalue weighted by atomic mass is 9.86. The van der Waals surface area contributed by atoms with Crippen LogP contribution in [0.3, 0.4) is 0 Å². The highest BCUT2D eigenvalue weighted by Crippen LogP contribution is 2.45. The van der Waals surface area contributed by atoms with E-state index in [0.717, 1.165) is 12.2 Å². The van der Waals surface area contributed by atoms with E-state index < -0.39 is 0 Å². The Kier molecular flexibility index (Phi) is 6.17. The first-order valence-corrected chi connectivity index (χ1v) is 10.6. The van der Waals surface area contributed by atoms with E-state index in [-0.39, 0.29) is 12.5 Å². The zero-order chi connectivity index (χ0) is 16.1. The van der Waals surface area contributed by atoms with Crippen molar-refractivity contribution in [2.45, 2.75) is 43.2 Å². The Morgan fingerprint density at radius 1 is 1.17 bits per heavy atom. The van der Waals surface area contributed by atoms with Crippen LogP contribution in [0.15, 0.2) is 24.3 Å². The van der Waals surface area contributed by atoms with Crippen LogP contribution in [-0.2, 0) is 4.79 Å². The smallest absolute Gasteiger partial charge is 0.258 e. The zero-order valence-corrected chi connectivity index (χ0v) is 15.3. The minimum absolute atomic E-state index is 0.00488. The maximum absolute atomic E-state index is 12.1. The molecule has 2 aliphatic rings. The quantitative estimate of drug-likeness (QED) is 0.861. The molecule has 1 amide bonds. The molecule has 1 aromatic rings. The largest absolute Gasteiger partial charge is 0.484 e. The Morgan fingerprint density at radius 2 is 1.87 bits per heavy atom. The van der Waals surface area contributed by atoms with Crippen molar-refractivity contribution in [3.8, 4) is 5.75 Å². The fraction of sp³-hybridized carbons (Fsp3) is 0.611. The van der Waals surface area contributed by atoms with Gasteiger partial charge in [-0.3, -0.25) is 4.79 Å². The summed E-state index contributed by atoms with van der Waals surface area (Å²) in [4.78, 5) is 12.1. The van der Waals surface area contributed by atoms with Gasteiger partial charge in [0.05, 0.1) is 4.58 Å². The standard InChI is InChI=1S/C18H25NO2S2/c1-13-4-2-3-5-16(13)19-17(20)12-21-15-8-6-14(7-9-15)18-22-10-11-23-18/h6-9,13,16,18H,2-5,10-12H2,1H3,(H,19,20)/t13-,16+/m0/s1. The van der Waals surface area contributed by atoms with Gasteiger partial charge in [0.1, 0.15) is 5.75 Å². The highest BCUT2D eigenvalue weighted by atomic mass is 32.2. The van der Waals surface area contributed by atoms with Crippen LogP contribution in [0.1, 0.15) is 42.8 Å². The summed E-state index contributed by atoms with van der Waals surface area (Å²) in [5.74, 6) is 3.80. The molecule has 1 N–H and O–H groups in total. The van der Waals surface area contributed by atoms with Crippen molar-refractivity contribution < 1.29 is 9.53 Å². The van der Waals surface area contributed by atoms with Crippen LogP contribution in [0.2, 0.25) is 0 Å². The van der Waals surface area contributed by atoms with Gasteiger partial charge in [0, 0.05) is 17.5 Å². The van der Waals surface area contributed by atoms with E-state index in [2.05, 4.69) is 24.4 Å². The minimum Gasteiger partial charge on any atom is -0.484 e. The highest BCUT2D eigenvalue weighted by Gasteiger charge is 2.23. The molecule has 2 atom stereocenters. The number of amides is 1. The van der Waals surface area contributed by atoms with Gasteiger partial charge in [0.25, 0.3) is 5.91 Å². The molecule has 3 rings (SSSR count). The summed E-state index contributed by atoms with van der Waals surface area (Å²) in [6, 6.07) is 8.51. The van der Waals surface area contributed by atoms with Crippen LogP contribution >= 0.6 is 23.5 Å². The average Bonchev–Trinajstić information content (AvgIpc) is 3.10. The predicted octanol–water partition coefficient (Wildman–Crippen LogP) is 4.24. The molecule has 1 saturated heterocycles. The fourth-order valence-electron chi connectivity index (χ4n) is 3.20. The van der Waals surface area contributed by atoms with E-state index in [1.807, 2.05) is 35.7 Å². The third kappa shape index (κ3) is 4.83. The van der Waals surface area contributed by atoms with Crippen LogP contribution < -0.4 is 10.1 Å². The molecular weight excluding hydrogens is 326 g/mol. The highest BCUT2D eigenvalue weighted by molar-refractivity contribution is 8.19. The normalized spacial score (nSPS) is 25.3. The Morgan fingerprint density at radius 3 is 2.57 bits per heavy atom. The van der Waals surface area contributed by atoms with E-state index >= 15 is 0 Å². The van der Waals surface area contributed by atoms with Gasteiger partial charge < -0.3 is 10.1 Å². The van der Waals surface area contributed by atoms with Crippen molar-refractivity contribution in [2.75, 3.05) is 18.1 Å². The van der Waals surface area contributed by atoms with Crippen molar-refractivity contribution in [2.24, 2.45) is 5.92 Å². The number of ether oxygens (including phenoxy) is 1. The lowest BCUT2D eigenvalue weighted by molar-refractivity contribution is -0.124. The number of nitrogens with one attached hydrogen (secondary N) is 1. The van der Waals surface area contributed by atoms with Gasteiger partial charge in [-0.2, -0.15) is 0 Å². The lowest BCUT2D eigenvalue weighted by Crippen LogP contribution is -2.43. The number of rotatable bonds is 5. The van der Waals surface area contributed by atoms with Crippen molar-refractivity contribution >= 4 is 29.4 Å². The second-order valence-electron chi connectivity index (χ2n) is 6.37. The van der Waals surface area contributed by atoms with Gasteiger partial charge in [0.2, 0.25) is 0 Å². The molecule has 1 saturated carbocycles. The summed E-state index contributed by atoms with van der Waals surface area (Å²) in [7, 11) is 0. The maximum Gasteiger partial charge on any atom is 0.258 e.